The Bertz CT molecular complexity index is 1510. The fraction of sp³-hybridized carbons (Fsp3) is 0.483. The van der Waals surface area contributed by atoms with Gasteiger partial charge in [0.15, 0.2) is 0 Å². The van der Waals surface area contributed by atoms with Crippen molar-refractivity contribution in [3.05, 3.63) is 51.9 Å². The van der Waals surface area contributed by atoms with Gasteiger partial charge >= 0.3 is 11.8 Å². The first-order valence-electron chi connectivity index (χ1n) is 13.3. The van der Waals surface area contributed by atoms with Crippen LogP contribution in [0.2, 0.25) is 0 Å². The Hall–Kier alpha value is -3.14. The van der Waals surface area contributed by atoms with Crippen LogP contribution in [0.4, 0.5) is 19.4 Å². The van der Waals surface area contributed by atoms with Crippen molar-refractivity contribution >= 4 is 34.6 Å². The average Bonchev–Trinajstić information content (AvgIpc) is 3.04. The molecule has 1 saturated heterocycles. The number of aromatic nitrogens is 2. The van der Waals surface area contributed by atoms with Gasteiger partial charge in [-0.15, -0.1) is 11.8 Å². The topological polar surface area (TPSA) is 67.7 Å². The fourth-order valence-corrected chi connectivity index (χ4v) is 6.95. The van der Waals surface area contributed by atoms with Crippen LogP contribution < -0.4 is 10.6 Å². The summed E-state index contributed by atoms with van der Waals surface area (Å²) in [4.78, 5) is 35.5. The van der Waals surface area contributed by atoms with Crippen LogP contribution >= 0.6 is 11.8 Å². The Morgan fingerprint density at radius 3 is 2.46 bits per heavy atom. The normalized spacial score (nSPS) is 19.8. The van der Waals surface area contributed by atoms with E-state index < -0.39 is 17.2 Å². The predicted molar refractivity (Wildman–Crippen MR) is 151 cm³/mol. The minimum Gasteiger partial charge on any atom is -0.444 e. The van der Waals surface area contributed by atoms with Crippen LogP contribution in [0.5, 0.6) is 0 Å². The van der Waals surface area contributed by atoms with Crippen LogP contribution in [0.25, 0.3) is 22.0 Å². The summed E-state index contributed by atoms with van der Waals surface area (Å²) in [5.41, 5.74) is 1.57. The molecule has 0 aliphatic carbocycles. The molecule has 1 aromatic heterocycles. The second-order valence-corrected chi connectivity index (χ2v) is 12.6. The molecule has 208 valence electrons. The van der Waals surface area contributed by atoms with Crippen LogP contribution in [0.3, 0.4) is 0 Å². The van der Waals surface area contributed by atoms with Crippen LogP contribution in [0.15, 0.2) is 34.0 Å². The minimum absolute atomic E-state index is 0.180. The number of anilines is 1. The lowest BCUT2D eigenvalue weighted by Gasteiger charge is -2.45. The zero-order valence-electron chi connectivity index (χ0n) is 23.2. The Labute approximate surface area is 231 Å². The molecule has 2 aliphatic rings. The molecular formula is C29H34F2N4O3S. The van der Waals surface area contributed by atoms with Crippen molar-refractivity contribution < 1.29 is 18.3 Å². The summed E-state index contributed by atoms with van der Waals surface area (Å²) in [6.07, 6.45) is 0.407. The van der Waals surface area contributed by atoms with Crippen molar-refractivity contribution in [2.75, 3.05) is 23.7 Å². The van der Waals surface area contributed by atoms with Crippen LogP contribution in [-0.2, 0) is 11.3 Å². The summed E-state index contributed by atoms with van der Waals surface area (Å²) in [5, 5.41) is 0.813. The molecule has 1 amide bonds. The molecule has 1 fully saturated rings. The highest BCUT2D eigenvalue weighted by atomic mass is 32.2. The predicted octanol–water partition coefficient (Wildman–Crippen LogP) is 5.98. The van der Waals surface area contributed by atoms with Crippen LogP contribution in [0.1, 0.15) is 46.6 Å². The molecule has 0 radical (unpaired) electrons. The van der Waals surface area contributed by atoms with Gasteiger partial charge in [-0.25, -0.2) is 18.4 Å². The maximum Gasteiger partial charge on any atom is 0.410 e. The van der Waals surface area contributed by atoms with E-state index in [2.05, 4.69) is 9.88 Å². The number of benzene rings is 2. The number of rotatable bonds is 2. The van der Waals surface area contributed by atoms with Gasteiger partial charge in [0.25, 0.3) is 0 Å². The van der Waals surface area contributed by atoms with E-state index in [1.807, 2.05) is 47.6 Å². The first-order chi connectivity index (χ1) is 18.4. The van der Waals surface area contributed by atoms with Crippen LogP contribution in [-0.4, -0.2) is 57.1 Å². The van der Waals surface area contributed by atoms with Crippen molar-refractivity contribution in [1.82, 2.24) is 14.5 Å². The van der Waals surface area contributed by atoms with Gasteiger partial charge in [0.2, 0.25) is 0 Å². The summed E-state index contributed by atoms with van der Waals surface area (Å²) in [6, 6.07) is 5.21. The molecule has 3 heterocycles. The van der Waals surface area contributed by atoms with Gasteiger partial charge in [-0.2, -0.15) is 4.98 Å². The highest BCUT2D eigenvalue weighted by Gasteiger charge is 2.37. The van der Waals surface area contributed by atoms with E-state index in [0.29, 0.717) is 36.6 Å². The number of ether oxygens (including phenoxy) is 1. The van der Waals surface area contributed by atoms with E-state index in [0.717, 1.165) is 39.6 Å². The summed E-state index contributed by atoms with van der Waals surface area (Å²) in [5.74, 6) is 0.0489. The number of thioether (sulfide) groups is 1. The summed E-state index contributed by atoms with van der Waals surface area (Å²) in [7, 11) is 0. The molecule has 2 atom stereocenters. The number of amides is 1. The molecule has 2 aliphatic heterocycles. The molecule has 2 aromatic carbocycles. The monoisotopic (exact) mass is 556 g/mol. The zero-order valence-corrected chi connectivity index (χ0v) is 24.0. The van der Waals surface area contributed by atoms with Gasteiger partial charge in [0.1, 0.15) is 23.1 Å². The lowest BCUT2D eigenvalue weighted by atomic mass is 9.97. The Balaban J connectivity index is 1.64. The van der Waals surface area contributed by atoms with E-state index in [-0.39, 0.29) is 23.9 Å². The third-order valence-electron chi connectivity index (χ3n) is 7.19. The molecule has 10 heteroatoms. The molecule has 39 heavy (non-hydrogen) atoms. The maximum atomic E-state index is 15.0. The van der Waals surface area contributed by atoms with Gasteiger partial charge in [0.05, 0.1) is 17.6 Å². The Morgan fingerprint density at radius 1 is 1.13 bits per heavy atom. The molecule has 3 aromatic rings. The molecule has 0 unspecified atom stereocenters. The number of halogens is 2. The van der Waals surface area contributed by atoms with E-state index in [4.69, 9.17) is 4.74 Å². The second-order valence-electron chi connectivity index (χ2n) is 11.5. The first kappa shape index (κ1) is 27.4. The van der Waals surface area contributed by atoms with Gasteiger partial charge in [-0.05, 0) is 77.5 Å². The zero-order chi connectivity index (χ0) is 28.2. The van der Waals surface area contributed by atoms with Crippen molar-refractivity contribution in [3.8, 4) is 11.1 Å². The number of piperazine rings is 1. The van der Waals surface area contributed by atoms with E-state index in [1.165, 1.54) is 12.1 Å². The van der Waals surface area contributed by atoms with Crippen molar-refractivity contribution in [3.63, 3.8) is 0 Å². The van der Waals surface area contributed by atoms with Gasteiger partial charge in [0, 0.05) is 47.1 Å². The lowest BCUT2D eigenvalue weighted by molar-refractivity contribution is 0.00562. The third kappa shape index (κ3) is 5.11. The highest BCUT2D eigenvalue weighted by Crippen LogP contribution is 2.44. The highest BCUT2D eigenvalue weighted by molar-refractivity contribution is 7.99. The second kappa shape index (κ2) is 10.1. The van der Waals surface area contributed by atoms with Crippen LogP contribution in [0, 0.1) is 18.6 Å². The molecule has 5 rings (SSSR count). The van der Waals surface area contributed by atoms with Crippen molar-refractivity contribution in [2.24, 2.45) is 0 Å². The maximum absolute atomic E-state index is 15.0. The molecule has 7 nitrogen and oxygen atoms in total. The smallest absolute Gasteiger partial charge is 0.410 e. The SMILES string of the molecule is Cc1cc2c(N3C[C@@H](C)N(C(=O)OC(C)(C)C)[C@@H](C)C3)nc(=O)n3c2c(c1-c1ccc(F)cc1F)SCCC3. The first-order valence-corrected chi connectivity index (χ1v) is 14.3. The Kier molecular flexibility index (Phi) is 7.11. The van der Waals surface area contributed by atoms with Gasteiger partial charge in [-0.3, -0.25) is 9.47 Å². The molecule has 0 saturated carbocycles. The van der Waals surface area contributed by atoms with E-state index in [1.54, 1.807) is 21.2 Å². The summed E-state index contributed by atoms with van der Waals surface area (Å²) in [6.45, 7) is 12.8. The fourth-order valence-electron chi connectivity index (χ4n) is 5.71. The van der Waals surface area contributed by atoms with Gasteiger partial charge < -0.3 is 9.64 Å². The minimum atomic E-state index is -0.636. The third-order valence-corrected chi connectivity index (χ3v) is 8.37. The van der Waals surface area contributed by atoms with E-state index >= 15 is 4.39 Å². The standard InChI is InChI=1S/C29H34F2N4O3S/c1-16-12-21-24-25(23(16)20-9-8-19(30)13-22(20)31)39-11-7-10-34(24)27(36)32-26(21)33-14-17(2)35(18(3)15-33)28(37)38-29(4,5)6/h8-9,12-13,17-18H,7,10-11,14-15H2,1-6H3/t17-,18+. The number of carbonyl (C=O) groups excluding carboxylic acids is 1. The average molecular weight is 557 g/mol. The number of carbonyl (C=O) groups is 1. The summed E-state index contributed by atoms with van der Waals surface area (Å²) < 4.78 is 36.1. The molecule has 0 bridgehead atoms. The Morgan fingerprint density at radius 2 is 1.82 bits per heavy atom. The number of hydrogen-bond donors (Lipinski definition) is 0. The number of nitrogens with zero attached hydrogens (tertiary/aromatic N) is 4. The van der Waals surface area contributed by atoms with Gasteiger partial charge in [-0.1, -0.05) is 0 Å². The molecule has 0 N–H and O–H groups in total. The molecular weight excluding hydrogens is 522 g/mol. The molecule has 0 spiro atoms. The lowest BCUT2D eigenvalue weighted by Crippen LogP contribution is -2.59. The summed E-state index contributed by atoms with van der Waals surface area (Å²) >= 11 is 1.59. The largest absolute Gasteiger partial charge is 0.444 e. The number of aryl methyl sites for hydroxylation is 2. The quantitative estimate of drug-likeness (QED) is 0.387. The number of hydrogen-bond acceptors (Lipinski definition) is 6. The van der Waals surface area contributed by atoms with Crippen molar-refractivity contribution in [1.29, 1.82) is 0 Å². The van der Waals surface area contributed by atoms with E-state index in [9.17, 15) is 14.0 Å². The van der Waals surface area contributed by atoms with Crippen molar-refractivity contribution in [2.45, 2.75) is 77.1 Å².